The van der Waals surface area contributed by atoms with Crippen molar-refractivity contribution in [1.29, 1.82) is 0 Å². The van der Waals surface area contributed by atoms with E-state index in [1.165, 1.54) is 0 Å². The lowest BCUT2D eigenvalue weighted by molar-refractivity contribution is -0.114. The molecule has 0 atom stereocenters. The Balaban J connectivity index is 2.31. The maximum absolute atomic E-state index is 12.6. The van der Waals surface area contributed by atoms with E-state index < -0.39 is 15.9 Å². The van der Waals surface area contributed by atoms with Crippen molar-refractivity contribution in [2.45, 2.75) is 27.7 Å². The number of nitrogens with zero attached hydrogens (tertiary/aromatic N) is 1. The molecule has 0 spiro atoms. The topological polar surface area (TPSA) is 66.5 Å². The van der Waals surface area contributed by atoms with Crippen molar-refractivity contribution in [3.05, 3.63) is 57.6 Å². The van der Waals surface area contributed by atoms with Crippen LogP contribution in [0.3, 0.4) is 0 Å². The molecule has 26 heavy (non-hydrogen) atoms. The molecule has 2 aromatic rings. The predicted octanol–water partition coefficient (Wildman–Crippen LogP) is 3.98. The minimum absolute atomic E-state index is 0.311. The number of hydrogen-bond donors (Lipinski definition) is 1. The second-order valence-electron chi connectivity index (χ2n) is 6.52. The molecule has 2 aromatic carbocycles. The number of nitrogens with one attached hydrogen (secondary N) is 1. The van der Waals surface area contributed by atoms with Crippen LogP contribution in [0, 0.1) is 27.7 Å². The Morgan fingerprint density at radius 2 is 1.62 bits per heavy atom. The second kappa shape index (κ2) is 7.68. The van der Waals surface area contributed by atoms with Gasteiger partial charge in [0, 0.05) is 10.7 Å². The average molecular weight is 395 g/mol. The van der Waals surface area contributed by atoms with E-state index in [0.29, 0.717) is 22.0 Å². The molecule has 0 saturated carbocycles. The molecule has 0 unspecified atom stereocenters. The molecule has 1 N–H and O–H groups in total. The van der Waals surface area contributed by atoms with Gasteiger partial charge in [0.05, 0.1) is 11.9 Å². The Morgan fingerprint density at radius 3 is 2.12 bits per heavy atom. The van der Waals surface area contributed by atoms with Gasteiger partial charge in [-0.2, -0.15) is 0 Å². The SMILES string of the molecule is Cc1cc(C)c(NC(=O)CN(c2ccc(Cl)cc2C)S(C)(=O)=O)c(C)c1. The van der Waals surface area contributed by atoms with Crippen LogP contribution in [0.1, 0.15) is 22.3 Å². The number of aryl methyl sites for hydroxylation is 4. The lowest BCUT2D eigenvalue weighted by Crippen LogP contribution is -2.38. The van der Waals surface area contributed by atoms with Gasteiger partial charge in [-0.3, -0.25) is 9.10 Å². The summed E-state index contributed by atoms with van der Waals surface area (Å²) in [6, 6.07) is 8.82. The Morgan fingerprint density at radius 1 is 1.04 bits per heavy atom. The van der Waals surface area contributed by atoms with Crippen molar-refractivity contribution in [1.82, 2.24) is 0 Å². The molecule has 0 radical (unpaired) electrons. The molecule has 0 bridgehead atoms. The number of rotatable bonds is 5. The minimum Gasteiger partial charge on any atom is -0.324 e. The van der Waals surface area contributed by atoms with Crippen molar-refractivity contribution < 1.29 is 13.2 Å². The van der Waals surface area contributed by atoms with E-state index in [1.54, 1.807) is 25.1 Å². The van der Waals surface area contributed by atoms with E-state index >= 15 is 0 Å². The average Bonchev–Trinajstić information content (AvgIpc) is 2.48. The monoisotopic (exact) mass is 394 g/mol. The number of carbonyl (C=O) groups excluding carboxylic acids is 1. The molecule has 0 saturated heterocycles. The summed E-state index contributed by atoms with van der Waals surface area (Å²) >= 11 is 5.95. The van der Waals surface area contributed by atoms with E-state index in [9.17, 15) is 13.2 Å². The number of benzene rings is 2. The summed E-state index contributed by atoms with van der Waals surface area (Å²) in [6.07, 6.45) is 1.08. The molecule has 0 aliphatic carbocycles. The first kappa shape index (κ1) is 20.3. The third-order valence-corrected chi connectivity index (χ3v) is 5.42. The van der Waals surface area contributed by atoms with Crippen molar-refractivity contribution in [3.8, 4) is 0 Å². The number of hydrogen-bond acceptors (Lipinski definition) is 3. The van der Waals surface area contributed by atoms with E-state index in [0.717, 1.165) is 27.3 Å². The number of anilines is 2. The van der Waals surface area contributed by atoms with Crippen LogP contribution in [-0.2, 0) is 14.8 Å². The first-order chi connectivity index (χ1) is 12.0. The maximum atomic E-state index is 12.6. The number of halogens is 1. The van der Waals surface area contributed by atoms with Crippen molar-refractivity contribution in [2.24, 2.45) is 0 Å². The summed E-state index contributed by atoms with van der Waals surface area (Å²) in [5, 5.41) is 3.35. The molecule has 7 heteroatoms. The maximum Gasteiger partial charge on any atom is 0.245 e. The molecule has 0 heterocycles. The Bertz CT molecular complexity index is 932. The molecule has 140 valence electrons. The smallest absolute Gasteiger partial charge is 0.245 e. The largest absolute Gasteiger partial charge is 0.324 e. The zero-order chi connectivity index (χ0) is 19.6. The van der Waals surface area contributed by atoms with Crippen LogP contribution >= 0.6 is 11.6 Å². The highest BCUT2D eigenvalue weighted by Gasteiger charge is 2.23. The zero-order valence-electron chi connectivity index (χ0n) is 15.6. The normalized spacial score (nSPS) is 11.3. The third-order valence-electron chi connectivity index (χ3n) is 4.06. The zero-order valence-corrected chi connectivity index (χ0v) is 17.1. The molecular weight excluding hydrogens is 372 g/mol. The van der Waals surface area contributed by atoms with E-state index in [1.807, 2.05) is 32.9 Å². The molecule has 0 aliphatic rings. The van der Waals surface area contributed by atoms with Gasteiger partial charge in [-0.25, -0.2) is 8.42 Å². The lowest BCUT2D eigenvalue weighted by Gasteiger charge is -2.24. The summed E-state index contributed by atoms with van der Waals surface area (Å²) in [6.45, 7) is 7.25. The van der Waals surface area contributed by atoms with Gasteiger partial charge < -0.3 is 5.32 Å². The quantitative estimate of drug-likeness (QED) is 0.834. The van der Waals surface area contributed by atoms with Crippen LogP contribution in [0.25, 0.3) is 0 Å². The molecule has 0 aliphatic heterocycles. The van der Waals surface area contributed by atoms with Gasteiger partial charge in [-0.1, -0.05) is 29.3 Å². The van der Waals surface area contributed by atoms with Crippen molar-refractivity contribution in [3.63, 3.8) is 0 Å². The standard InChI is InChI=1S/C19H23ClN2O3S/c1-12-8-14(3)19(15(4)9-12)21-18(23)11-22(26(5,24)25)17-7-6-16(20)10-13(17)2/h6-10H,11H2,1-5H3,(H,21,23). The molecule has 2 rings (SSSR count). The van der Waals surface area contributed by atoms with Crippen LogP contribution < -0.4 is 9.62 Å². The van der Waals surface area contributed by atoms with Crippen molar-refractivity contribution >= 4 is 38.9 Å². The fraction of sp³-hybridized carbons (Fsp3) is 0.316. The summed E-state index contributed by atoms with van der Waals surface area (Å²) in [5.74, 6) is -0.403. The summed E-state index contributed by atoms with van der Waals surface area (Å²) in [5.41, 5.74) is 4.80. The summed E-state index contributed by atoms with van der Waals surface area (Å²) in [7, 11) is -3.64. The van der Waals surface area contributed by atoms with Gasteiger partial charge in [0.2, 0.25) is 15.9 Å². The highest BCUT2D eigenvalue weighted by Crippen LogP contribution is 2.26. The van der Waals surface area contributed by atoms with Gasteiger partial charge in [0.25, 0.3) is 0 Å². The van der Waals surface area contributed by atoms with Crippen LogP contribution in [0.4, 0.5) is 11.4 Å². The van der Waals surface area contributed by atoms with Gasteiger partial charge in [-0.15, -0.1) is 0 Å². The third kappa shape index (κ3) is 4.77. The van der Waals surface area contributed by atoms with Crippen LogP contribution in [0.15, 0.2) is 30.3 Å². The fourth-order valence-electron chi connectivity index (χ4n) is 2.97. The van der Waals surface area contributed by atoms with Crippen LogP contribution in [0.2, 0.25) is 5.02 Å². The molecule has 1 amide bonds. The summed E-state index contributed by atoms with van der Waals surface area (Å²) in [4.78, 5) is 12.6. The van der Waals surface area contributed by atoms with E-state index in [2.05, 4.69) is 5.32 Å². The van der Waals surface area contributed by atoms with Crippen LogP contribution in [-0.4, -0.2) is 27.1 Å². The Hall–Kier alpha value is -2.05. The molecule has 0 aromatic heterocycles. The molecule has 5 nitrogen and oxygen atoms in total. The molecular formula is C19H23ClN2O3S. The van der Waals surface area contributed by atoms with Crippen molar-refractivity contribution in [2.75, 3.05) is 22.4 Å². The Labute approximate surface area is 160 Å². The van der Waals surface area contributed by atoms with E-state index in [-0.39, 0.29) is 6.54 Å². The lowest BCUT2D eigenvalue weighted by atomic mass is 10.1. The predicted molar refractivity (Wildman–Crippen MR) is 108 cm³/mol. The first-order valence-corrected chi connectivity index (χ1v) is 10.3. The van der Waals surface area contributed by atoms with Gasteiger partial charge in [0.15, 0.2) is 0 Å². The minimum atomic E-state index is -3.64. The van der Waals surface area contributed by atoms with Gasteiger partial charge in [-0.05, 0) is 62.6 Å². The first-order valence-electron chi connectivity index (χ1n) is 8.10. The van der Waals surface area contributed by atoms with Gasteiger partial charge >= 0.3 is 0 Å². The Kier molecular flexibility index (Phi) is 5.98. The van der Waals surface area contributed by atoms with Crippen LogP contribution in [0.5, 0.6) is 0 Å². The number of sulfonamides is 1. The highest BCUT2D eigenvalue weighted by atomic mass is 35.5. The van der Waals surface area contributed by atoms with E-state index in [4.69, 9.17) is 11.6 Å². The fourth-order valence-corrected chi connectivity index (χ4v) is 4.11. The number of carbonyl (C=O) groups is 1. The van der Waals surface area contributed by atoms with Gasteiger partial charge in [0.1, 0.15) is 6.54 Å². The molecule has 0 fully saturated rings. The number of amides is 1. The summed E-state index contributed by atoms with van der Waals surface area (Å²) < 4.78 is 25.6. The second-order valence-corrected chi connectivity index (χ2v) is 8.87. The highest BCUT2D eigenvalue weighted by molar-refractivity contribution is 7.92.